The molecule has 3 aromatic rings. The number of aryl methyl sites for hydroxylation is 1. The minimum absolute atomic E-state index is 0.0321. The molecule has 11 heteroatoms. The number of hydrogen-bond donors (Lipinski definition) is 1. The number of likely N-dealkylation sites (N-methyl/N-ethyl adjacent to an activating group) is 1. The number of alkyl halides is 2. The first-order chi connectivity index (χ1) is 16.2. The Morgan fingerprint density at radius 3 is 2.71 bits per heavy atom. The molecule has 1 amide bonds. The third-order valence-corrected chi connectivity index (χ3v) is 6.02. The van der Waals surface area contributed by atoms with Gasteiger partial charge in [0.25, 0.3) is 11.5 Å². The molecule has 3 heterocycles. The van der Waals surface area contributed by atoms with Crippen LogP contribution < -0.4 is 20.5 Å². The number of aromatic nitrogens is 3. The number of halogens is 3. The molecule has 34 heavy (non-hydrogen) atoms. The predicted octanol–water partition coefficient (Wildman–Crippen LogP) is 2.58. The number of benzene rings is 1. The first-order valence-electron chi connectivity index (χ1n) is 10.8. The van der Waals surface area contributed by atoms with Gasteiger partial charge in [-0.15, -0.1) is 0 Å². The monoisotopic (exact) mass is 491 g/mol. The first kappa shape index (κ1) is 23.9. The maximum Gasteiger partial charge on any atom is 0.293 e. The summed E-state index contributed by atoms with van der Waals surface area (Å²) >= 11 is 6.32. The lowest BCUT2D eigenvalue weighted by Crippen LogP contribution is -2.43. The van der Waals surface area contributed by atoms with Crippen LogP contribution in [0, 0.1) is 0 Å². The number of ether oxygens (including phenoxy) is 1. The molecule has 0 radical (unpaired) electrons. The smallest absolute Gasteiger partial charge is 0.293 e. The standard InChI is InChI=1S/C23H24ClF2N5O3/c1-27-21(32)12-34-20-7-14-5-13(3-4-19(14)30(2)22(20)33)6-18-17(24)9-28-23(29-18)31-10-15(25)8-16(26)11-31/h3-5,7,9,15-16H,6,8,10-12H2,1-2H3,(H,27,32)/t15-,16+. The Hall–Kier alpha value is -3.27. The van der Waals surface area contributed by atoms with E-state index >= 15 is 0 Å². The lowest BCUT2D eigenvalue weighted by molar-refractivity contribution is -0.122. The summed E-state index contributed by atoms with van der Waals surface area (Å²) in [5.74, 6) is -0.0563. The Labute approximate surface area is 199 Å². The third kappa shape index (κ3) is 5.11. The van der Waals surface area contributed by atoms with Crippen molar-refractivity contribution in [1.82, 2.24) is 19.9 Å². The van der Waals surface area contributed by atoms with Crippen molar-refractivity contribution in [1.29, 1.82) is 0 Å². The van der Waals surface area contributed by atoms with Crippen LogP contribution in [0.1, 0.15) is 17.7 Å². The molecule has 0 spiro atoms. The van der Waals surface area contributed by atoms with E-state index in [-0.39, 0.29) is 49.3 Å². The van der Waals surface area contributed by atoms with Gasteiger partial charge in [-0.25, -0.2) is 18.7 Å². The van der Waals surface area contributed by atoms with Crippen molar-refractivity contribution in [3.05, 3.63) is 57.1 Å². The van der Waals surface area contributed by atoms with Crippen molar-refractivity contribution < 1.29 is 18.3 Å². The Bertz CT molecular complexity index is 1280. The third-order valence-electron chi connectivity index (χ3n) is 5.70. The number of carbonyl (C=O) groups is 1. The molecule has 0 unspecified atom stereocenters. The second-order valence-corrected chi connectivity index (χ2v) is 8.61. The van der Waals surface area contributed by atoms with Gasteiger partial charge in [0.1, 0.15) is 12.3 Å². The van der Waals surface area contributed by atoms with E-state index in [2.05, 4.69) is 15.3 Å². The fourth-order valence-electron chi connectivity index (χ4n) is 3.94. The van der Waals surface area contributed by atoms with Gasteiger partial charge in [0.05, 0.1) is 35.5 Å². The molecule has 1 aliphatic heterocycles. The van der Waals surface area contributed by atoms with Crippen LogP contribution in [0.15, 0.2) is 35.3 Å². The molecule has 4 rings (SSSR count). The number of pyridine rings is 1. The number of carbonyl (C=O) groups excluding carboxylic acids is 1. The van der Waals surface area contributed by atoms with Crippen molar-refractivity contribution in [2.75, 3.05) is 31.6 Å². The molecule has 1 saturated heterocycles. The molecule has 1 aliphatic rings. The van der Waals surface area contributed by atoms with E-state index in [0.717, 1.165) is 10.9 Å². The molecule has 2 aromatic heterocycles. The van der Waals surface area contributed by atoms with Gasteiger partial charge < -0.3 is 19.5 Å². The molecule has 1 aromatic carbocycles. The van der Waals surface area contributed by atoms with E-state index in [1.807, 2.05) is 12.1 Å². The van der Waals surface area contributed by atoms with E-state index in [1.165, 1.54) is 22.7 Å². The van der Waals surface area contributed by atoms with Gasteiger partial charge in [0, 0.05) is 32.3 Å². The molecule has 1 fully saturated rings. The summed E-state index contributed by atoms with van der Waals surface area (Å²) in [6, 6.07) is 7.11. The van der Waals surface area contributed by atoms with Crippen LogP contribution >= 0.6 is 11.6 Å². The highest BCUT2D eigenvalue weighted by Crippen LogP contribution is 2.25. The second-order valence-electron chi connectivity index (χ2n) is 8.20. The summed E-state index contributed by atoms with van der Waals surface area (Å²) in [5.41, 5.74) is 1.70. The highest BCUT2D eigenvalue weighted by atomic mass is 35.5. The summed E-state index contributed by atoms with van der Waals surface area (Å²) in [7, 11) is 3.11. The molecule has 2 atom stereocenters. The number of anilines is 1. The van der Waals surface area contributed by atoms with Crippen molar-refractivity contribution in [3.63, 3.8) is 0 Å². The fraction of sp³-hybridized carbons (Fsp3) is 0.391. The van der Waals surface area contributed by atoms with E-state index in [9.17, 15) is 18.4 Å². The highest BCUT2D eigenvalue weighted by Gasteiger charge is 2.28. The molecule has 0 aliphatic carbocycles. The zero-order chi connectivity index (χ0) is 24.4. The topological polar surface area (TPSA) is 89.3 Å². The lowest BCUT2D eigenvalue weighted by atomic mass is 10.1. The number of amides is 1. The summed E-state index contributed by atoms with van der Waals surface area (Å²) in [4.78, 5) is 34.2. The van der Waals surface area contributed by atoms with Crippen LogP contribution in [-0.4, -0.2) is 59.5 Å². The van der Waals surface area contributed by atoms with Crippen molar-refractivity contribution >= 4 is 34.4 Å². The minimum Gasteiger partial charge on any atom is -0.478 e. The minimum atomic E-state index is -1.28. The summed E-state index contributed by atoms with van der Waals surface area (Å²) < 4.78 is 34.5. The predicted molar refractivity (Wildman–Crippen MR) is 125 cm³/mol. The van der Waals surface area contributed by atoms with Gasteiger partial charge in [-0.3, -0.25) is 9.59 Å². The van der Waals surface area contributed by atoms with Gasteiger partial charge in [-0.05, 0) is 23.8 Å². The first-order valence-corrected chi connectivity index (χ1v) is 11.1. The number of nitrogens with one attached hydrogen (secondary N) is 1. The quantitative estimate of drug-likeness (QED) is 0.570. The Morgan fingerprint density at radius 1 is 1.26 bits per heavy atom. The van der Waals surface area contributed by atoms with Gasteiger partial charge in [-0.1, -0.05) is 17.7 Å². The van der Waals surface area contributed by atoms with E-state index in [0.29, 0.717) is 22.7 Å². The Balaban J connectivity index is 1.62. The van der Waals surface area contributed by atoms with Crippen molar-refractivity contribution in [2.24, 2.45) is 7.05 Å². The number of nitrogens with zero attached hydrogens (tertiary/aromatic N) is 4. The number of piperidine rings is 1. The molecule has 0 bridgehead atoms. The van der Waals surface area contributed by atoms with Gasteiger partial charge in [0.15, 0.2) is 12.4 Å². The van der Waals surface area contributed by atoms with E-state index in [1.54, 1.807) is 19.2 Å². The van der Waals surface area contributed by atoms with Gasteiger partial charge in [-0.2, -0.15) is 0 Å². The maximum atomic E-state index is 13.8. The molecule has 180 valence electrons. The van der Waals surface area contributed by atoms with Crippen molar-refractivity contribution in [3.8, 4) is 5.75 Å². The SMILES string of the molecule is CNC(=O)COc1cc2cc(Cc3nc(N4C[C@H](F)C[C@H](F)C4)ncc3Cl)ccc2n(C)c1=O. The largest absolute Gasteiger partial charge is 0.478 e. The molecular formula is C23H24ClF2N5O3. The highest BCUT2D eigenvalue weighted by molar-refractivity contribution is 6.31. The van der Waals surface area contributed by atoms with Crippen LogP contribution in [-0.2, 0) is 18.3 Å². The normalized spacial score (nSPS) is 18.2. The number of fused-ring (bicyclic) bond motifs is 1. The number of hydrogen-bond acceptors (Lipinski definition) is 6. The molecular weight excluding hydrogens is 468 g/mol. The Morgan fingerprint density at radius 2 is 2.00 bits per heavy atom. The zero-order valence-corrected chi connectivity index (χ0v) is 19.5. The van der Waals surface area contributed by atoms with Crippen LogP contribution in [0.25, 0.3) is 10.9 Å². The second kappa shape index (κ2) is 9.92. The molecule has 0 saturated carbocycles. The van der Waals surface area contributed by atoms with E-state index in [4.69, 9.17) is 16.3 Å². The average Bonchev–Trinajstić information content (AvgIpc) is 2.81. The summed E-state index contributed by atoms with van der Waals surface area (Å²) in [6.45, 7) is -0.207. The lowest BCUT2D eigenvalue weighted by Gasteiger charge is -2.31. The average molecular weight is 492 g/mol. The Kier molecular flexibility index (Phi) is 6.97. The summed E-state index contributed by atoms with van der Waals surface area (Å²) in [6.07, 6.45) is -0.903. The fourth-order valence-corrected chi connectivity index (χ4v) is 4.09. The zero-order valence-electron chi connectivity index (χ0n) is 18.7. The van der Waals surface area contributed by atoms with Crippen molar-refractivity contribution in [2.45, 2.75) is 25.2 Å². The van der Waals surface area contributed by atoms with Gasteiger partial charge in [0.2, 0.25) is 5.95 Å². The van der Waals surface area contributed by atoms with Gasteiger partial charge >= 0.3 is 0 Å². The van der Waals surface area contributed by atoms with Crippen LogP contribution in [0.3, 0.4) is 0 Å². The number of rotatable bonds is 6. The van der Waals surface area contributed by atoms with Crippen LogP contribution in [0.4, 0.5) is 14.7 Å². The van der Waals surface area contributed by atoms with Crippen LogP contribution in [0.2, 0.25) is 5.02 Å². The van der Waals surface area contributed by atoms with Crippen LogP contribution in [0.5, 0.6) is 5.75 Å². The summed E-state index contributed by atoms with van der Waals surface area (Å²) in [5, 5.41) is 3.51. The molecule has 8 nitrogen and oxygen atoms in total. The van der Waals surface area contributed by atoms with E-state index < -0.39 is 12.3 Å². The molecule has 1 N–H and O–H groups in total. The maximum absolute atomic E-state index is 13.8.